The number of aromatic nitrogens is 4. The quantitative estimate of drug-likeness (QED) is 0.738. The average molecular weight is 238 g/mol. The zero-order valence-corrected chi connectivity index (χ0v) is 8.77. The molecule has 4 nitrogen and oxygen atoms in total. The summed E-state index contributed by atoms with van der Waals surface area (Å²) in [6.45, 7) is 2.44. The van der Waals surface area contributed by atoms with Gasteiger partial charge in [0.15, 0.2) is 5.83 Å². The lowest BCUT2D eigenvalue weighted by atomic mass is 10.4. The van der Waals surface area contributed by atoms with Gasteiger partial charge in [0, 0.05) is 18.7 Å². The standard InChI is InChI=1S/C7H9F3N4S/c1-2-14-7(11-12-13-14)15-4-3-5(8)6(9)10/h2-4H2,1H3. The van der Waals surface area contributed by atoms with E-state index in [9.17, 15) is 13.2 Å². The molecule has 0 spiro atoms. The first-order valence-corrected chi connectivity index (χ1v) is 5.22. The van der Waals surface area contributed by atoms with E-state index in [2.05, 4.69) is 15.5 Å². The van der Waals surface area contributed by atoms with Crippen LogP contribution in [0, 0.1) is 0 Å². The van der Waals surface area contributed by atoms with Crippen molar-refractivity contribution in [2.45, 2.75) is 25.0 Å². The lowest BCUT2D eigenvalue weighted by molar-refractivity contribution is 0.373. The molecule has 0 amide bonds. The first-order chi connectivity index (χ1) is 7.15. The zero-order chi connectivity index (χ0) is 11.3. The van der Waals surface area contributed by atoms with E-state index in [1.165, 1.54) is 4.68 Å². The molecule has 8 heteroatoms. The predicted octanol–water partition coefficient (Wildman–Crippen LogP) is 2.25. The van der Waals surface area contributed by atoms with Crippen molar-refractivity contribution in [3.63, 3.8) is 0 Å². The fourth-order valence-electron chi connectivity index (χ4n) is 0.825. The van der Waals surface area contributed by atoms with Crippen molar-refractivity contribution in [3.05, 3.63) is 11.9 Å². The summed E-state index contributed by atoms with van der Waals surface area (Å²) in [4.78, 5) is 0. The van der Waals surface area contributed by atoms with Crippen molar-refractivity contribution in [2.75, 3.05) is 5.75 Å². The van der Waals surface area contributed by atoms with Crippen LogP contribution >= 0.6 is 11.8 Å². The van der Waals surface area contributed by atoms with E-state index in [0.29, 0.717) is 11.7 Å². The molecule has 0 aliphatic carbocycles. The highest BCUT2D eigenvalue weighted by molar-refractivity contribution is 7.99. The minimum atomic E-state index is -2.26. The Bertz CT molecular complexity index is 348. The van der Waals surface area contributed by atoms with Crippen molar-refractivity contribution in [1.82, 2.24) is 20.2 Å². The lowest BCUT2D eigenvalue weighted by Crippen LogP contribution is -1.99. The van der Waals surface area contributed by atoms with Crippen LogP contribution in [0.15, 0.2) is 17.1 Å². The van der Waals surface area contributed by atoms with Crippen LogP contribution in [0.25, 0.3) is 0 Å². The molecule has 1 rings (SSSR count). The minimum Gasteiger partial charge on any atom is -0.221 e. The maximum absolute atomic E-state index is 12.4. The summed E-state index contributed by atoms with van der Waals surface area (Å²) < 4.78 is 37.3. The Hall–Kier alpha value is -1.05. The number of hydrogen-bond donors (Lipinski definition) is 0. The lowest BCUT2D eigenvalue weighted by Gasteiger charge is -1.99. The number of allylic oxidation sites excluding steroid dienone is 1. The van der Waals surface area contributed by atoms with E-state index in [1.807, 2.05) is 6.92 Å². The SMILES string of the molecule is CCn1nnnc1SCCC(F)=C(F)F. The minimum absolute atomic E-state index is 0.184. The summed E-state index contributed by atoms with van der Waals surface area (Å²) >= 11 is 1.14. The first kappa shape index (κ1) is 12.0. The number of tetrazole rings is 1. The molecule has 0 saturated heterocycles. The molecule has 0 saturated carbocycles. The highest BCUT2D eigenvalue weighted by atomic mass is 32.2. The molecular weight excluding hydrogens is 229 g/mol. The molecule has 1 aromatic heterocycles. The first-order valence-electron chi connectivity index (χ1n) is 4.23. The Morgan fingerprint density at radius 2 is 2.13 bits per heavy atom. The van der Waals surface area contributed by atoms with Crippen LogP contribution in [0.5, 0.6) is 0 Å². The van der Waals surface area contributed by atoms with Crippen molar-refractivity contribution >= 4 is 11.8 Å². The van der Waals surface area contributed by atoms with Gasteiger partial charge in [-0.1, -0.05) is 11.8 Å². The van der Waals surface area contributed by atoms with Crippen molar-refractivity contribution < 1.29 is 13.2 Å². The van der Waals surface area contributed by atoms with Gasteiger partial charge in [0.1, 0.15) is 0 Å². The van der Waals surface area contributed by atoms with Gasteiger partial charge in [0.05, 0.1) is 0 Å². The summed E-state index contributed by atoms with van der Waals surface area (Å²) in [5.74, 6) is -1.19. The van der Waals surface area contributed by atoms with E-state index < -0.39 is 11.9 Å². The maximum atomic E-state index is 12.4. The third-order valence-electron chi connectivity index (χ3n) is 1.56. The van der Waals surface area contributed by atoms with Gasteiger partial charge in [0.25, 0.3) is 0 Å². The van der Waals surface area contributed by atoms with Gasteiger partial charge >= 0.3 is 6.08 Å². The highest BCUT2D eigenvalue weighted by Gasteiger charge is 2.08. The Labute approximate surface area is 88.5 Å². The smallest absolute Gasteiger partial charge is 0.221 e. The Balaban J connectivity index is 2.41. The Morgan fingerprint density at radius 3 is 2.73 bits per heavy atom. The second-order valence-electron chi connectivity index (χ2n) is 2.54. The fourth-order valence-corrected chi connectivity index (χ4v) is 1.70. The fraction of sp³-hybridized carbons (Fsp3) is 0.571. The second-order valence-corrected chi connectivity index (χ2v) is 3.60. The van der Waals surface area contributed by atoms with Gasteiger partial charge in [0.2, 0.25) is 5.16 Å². The summed E-state index contributed by atoms with van der Waals surface area (Å²) in [7, 11) is 0. The molecule has 0 N–H and O–H groups in total. The molecule has 84 valence electrons. The molecule has 1 aromatic rings. The molecule has 0 aliphatic rings. The topological polar surface area (TPSA) is 43.6 Å². The Morgan fingerprint density at radius 1 is 1.40 bits per heavy atom. The van der Waals surface area contributed by atoms with E-state index in [4.69, 9.17) is 0 Å². The van der Waals surface area contributed by atoms with Gasteiger partial charge in [-0.3, -0.25) is 0 Å². The normalized spacial score (nSPS) is 10.4. The van der Waals surface area contributed by atoms with Crippen LogP contribution < -0.4 is 0 Å². The summed E-state index contributed by atoms with van der Waals surface area (Å²) in [6.07, 6.45) is -2.57. The molecule has 0 atom stereocenters. The molecule has 0 fully saturated rings. The van der Waals surface area contributed by atoms with Gasteiger partial charge in [-0.05, 0) is 17.4 Å². The predicted molar refractivity (Wildman–Crippen MR) is 49.2 cm³/mol. The largest absolute Gasteiger partial charge is 0.301 e. The monoisotopic (exact) mass is 238 g/mol. The summed E-state index contributed by atoms with van der Waals surface area (Å²) in [6, 6.07) is 0. The molecule has 0 bridgehead atoms. The number of aryl methyl sites for hydroxylation is 1. The number of nitrogens with zero attached hydrogens (tertiary/aromatic N) is 4. The van der Waals surface area contributed by atoms with E-state index in [1.54, 1.807) is 0 Å². The third kappa shape index (κ3) is 3.54. The van der Waals surface area contributed by atoms with Crippen LogP contribution in [0.3, 0.4) is 0 Å². The van der Waals surface area contributed by atoms with Crippen molar-refractivity contribution in [3.8, 4) is 0 Å². The number of hydrogen-bond acceptors (Lipinski definition) is 4. The number of rotatable bonds is 5. The number of halogens is 3. The molecule has 0 aromatic carbocycles. The third-order valence-corrected chi connectivity index (χ3v) is 2.52. The molecule has 0 unspecified atom stereocenters. The van der Waals surface area contributed by atoms with E-state index >= 15 is 0 Å². The molecule has 0 radical (unpaired) electrons. The Kier molecular flexibility index (Phi) is 4.60. The highest BCUT2D eigenvalue weighted by Crippen LogP contribution is 2.20. The van der Waals surface area contributed by atoms with Crippen LogP contribution in [-0.2, 0) is 6.54 Å². The van der Waals surface area contributed by atoms with Crippen LogP contribution in [0.2, 0.25) is 0 Å². The van der Waals surface area contributed by atoms with Crippen LogP contribution in [0.1, 0.15) is 13.3 Å². The van der Waals surface area contributed by atoms with Crippen molar-refractivity contribution in [2.24, 2.45) is 0 Å². The van der Waals surface area contributed by atoms with Gasteiger partial charge in [-0.25, -0.2) is 9.07 Å². The molecule has 1 heterocycles. The zero-order valence-electron chi connectivity index (χ0n) is 7.95. The van der Waals surface area contributed by atoms with Gasteiger partial charge < -0.3 is 0 Å². The summed E-state index contributed by atoms with van der Waals surface area (Å²) in [5.41, 5.74) is 0. The van der Waals surface area contributed by atoms with Crippen molar-refractivity contribution in [1.29, 1.82) is 0 Å². The molecule has 0 aliphatic heterocycles. The average Bonchev–Trinajstić information content (AvgIpc) is 2.65. The van der Waals surface area contributed by atoms with Gasteiger partial charge in [-0.15, -0.1) is 5.10 Å². The van der Waals surface area contributed by atoms with Crippen LogP contribution in [-0.4, -0.2) is 26.0 Å². The maximum Gasteiger partial charge on any atom is 0.301 e. The number of thioether (sulfide) groups is 1. The molecule has 15 heavy (non-hydrogen) atoms. The summed E-state index contributed by atoms with van der Waals surface area (Å²) in [5, 5.41) is 11.2. The van der Waals surface area contributed by atoms with Gasteiger partial charge in [-0.2, -0.15) is 8.78 Å². The van der Waals surface area contributed by atoms with E-state index in [0.717, 1.165) is 11.8 Å². The van der Waals surface area contributed by atoms with Crippen LogP contribution in [0.4, 0.5) is 13.2 Å². The van der Waals surface area contributed by atoms with E-state index in [-0.39, 0.29) is 12.2 Å². The second kappa shape index (κ2) is 5.74. The molecular formula is C7H9F3N4S.